The Morgan fingerprint density at radius 1 is 0.900 bits per heavy atom. The minimum Gasteiger partial charge on any atom is -0.496 e. The van der Waals surface area contributed by atoms with Crippen LogP contribution >= 0.6 is 0 Å². The second kappa shape index (κ2) is 11.6. The maximum absolute atomic E-state index is 12.1. The van der Waals surface area contributed by atoms with Crippen LogP contribution in [0, 0.1) is 6.92 Å². The van der Waals surface area contributed by atoms with Gasteiger partial charge in [0.15, 0.2) is 23.1 Å². The Balaban J connectivity index is 1.96. The van der Waals surface area contributed by atoms with Gasteiger partial charge in [-0.2, -0.15) is 0 Å². The van der Waals surface area contributed by atoms with E-state index in [1.807, 2.05) is 6.07 Å². The summed E-state index contributed by atoms with van der Waals surface area (Å²) in [5.74, 6) is 1.01. The zero-order valence-corrected chi connectivity index (χ0v) is 17.1. The highest BCUT2D eigenvalue weighted by atomic mass is 16.5. The monoisotopic (exact) mass is 409 g/mol. The van der Waals surface area contributed by atoms with E-state index in [1.54, 1.807) is 49.6 Å². The van der Waals surface area contributed by atoms with Gasteiger partial charge in [-0.05, 0) is 54.0 Å². The molecule has 0 atom stereocenters. The molecule has 0 aliphatic heterocycles. The van der Waals surface area contributed by atoms with Gasteiger partial charge >= 0.3 is 0 Å². The summed E-state index contributed by atoms with van der Waals surface area (Å²) in [4.78, 5) is 24.2. The van der Waals surface area contributed by atoms with Crippen LogP contribution in [0.5, 0.6) is 17.2 Å². The average molecular weight is 409 g/mol. The quantitative estimate of drug-likeness (QED) is 0.452. The largest absolute Gasteiger partial charge is 0.496 e. The van der Waals surface area contributed by atoms with Crippen LogP contribution in [0.2, 0.25) is 0 Å². The van der Waals surface area contributed by atoms with Crippen molar-refractivity contribution in [2.24, 2.45) is 0 Å². The van der Waals surface area contributed by atoms with Crippen molar-refractivity contribution in [3.63, 3.8) is 0 Å². The standard InChI is InChI=1S/C24H25O6/c1-17-4-5-18(14-23(17)28-2)6-9-20(26)16-21(27)10-7-19-8-11-22(30-13-12-25)24(15-19)29-3/h4-11,14-15,25H,1,12-13,16H2,2-3H3/b9-6+,10-7+. The Morgan fingerprint density at radius 2 is 1.47 bits per heavy atom. The van der Waals surface area contributed by atoms with Crippen LogP contribution in [-0.4, -0.2) is 44.1 Å². The maximum Gasteiger partial charge on any atom is 0.163 e. The van der Waals surface area contributed by atoms with Crippen molar-refractivity contribution in [1.82, 2.24) is 0 Å². The van der Waals surface area contributed by atoms with E-state index in [2.05, 4.69) is 6.92 Å². The van der Waals surface area contributed by atoms with Crippen molar-refractivity contribution in [1.29, 1.82) is 0 Å². The highest BCUT2D eigenvalue weighted by Gasteiger charge is 2.07. The molecule has 6 heteroatoms. The first-order valence-corrected chi connectivity index (χ1v) is 9.30. The highest BCUT2D eigenvalue weighted by molar-refractivity contribution is 6.10. The van der Waals surface area contributed by atoms with Gasteiger partial charge in [-0.3, -0.25) is 9.59 Å². The molecule has 0 saturated heterocycles. The number of carbonyl (C=O) groups is 2. The third kappa shape index (κ3) is 6.90. The van der Waals surface area contributed by atoms with E-state index in [-0.39, 0.29) is 31.2 Å². The molecule has 2 aromatic carbocycles. The molecule has 0 amide bonds. The fourth-order valence-corrected chi connectivity index (χ4v) is 2.60. The molecule has 0 saturated carbocycles. The van der Waals surface area contributed by atoms with Gasteiger partial charge in [0.05, 0.1) is 27.2 Å². The van der Waals surface area contributed by atoms with E-state index >= 15 is 0 Å². The summed E-state index contributed by atoms with van der Waals surface area (Å²) in [7, 11) is 3.06. The third-order valence-electron chi connectivity index (χ3n) is 4.12. The smallest absolute Gasteiger partial charge is 0.163 e. The molecule has 0 aromatic heterocycles. The maximum atomic E-state index is 12.1. The van der Waals surface area contributed by atoms with E-state index in [9.17, 15) is 9.59 Å². The fourth-order valence-electron chi connectivity index (χ4n) is 2.60. The Bertz CT molecular complexity index is 943. The Kier molecular flexibility index (Phi) is 8.84. The van der Waals surface area contributed by atoms with E-state index in [1.165, 1.54) is 19.3 Å². The number of benzene rings is 2. The molecule has 2 aromatic rings. The summed E-state index contributed by atoms with van der Waals surface area (Å²) in [6.45, 7) is 3.91. The van der Waals surface area contributed by atoms with Crippen LogP contribution in [0.3, 0.4) is 0 Å². The first-order valence-electron chi connectivity index (χ1n) is 9.30. The number of aliphatic hydroxyl groups is 1. The lowest BCUT2D eigenvalue weighted by Gasteiger charge is -2.10. The van der Waals surface area contributed by atoms with Crippen LogP contribution in [0.25, 0.3) is 12.2 Å². The summed E-state index contributed by atoms with van der Waals surface area (Å²) in [5, 5.41) is 8.85. The number of ketones is 2. The van der Waals surface area contributed by atoms with Crippen LogP contribution in [0.15, 0.2) is 48.6 Å². The molecule has 0 heterocycles. The Morgan fingerprint density at radius 3 is 2.03 bits per heavy atom. The third-order valence-corrected chi connectivity index (χ3v) is 4.12. The summed E-state index contributed by atoms with van der Waals surface area (Å²) >= 11 is 0. The minimum atomic E-state index is -0.310. The average Bonchev–Trinajstić information content (AvgIpc) is 2.75. The van der Waals surface area contributed by atoms with Gasteiger partial charge in [0.25, 0.3) is 0 Å². The number of hydrogen-bond donors (Lipinski definition) is 1. The summed E-state index contributed by atoms with van der Waals surface area (Å²) < 4.78 is 15.8. The summed E-state index contributed by atoms with van der Waals surface area (Å²) in [6.07, 6.45) is 5.74. The van der Waals surface area contributed by atoms with Crippen LogP contribution in [0.1, 0.15) is 23.1 Å². The predicted octanol–water partition coefficient (Wildman–Crippen LogP) is 3.51. The van der Waals surface area contributed by atoms with Crippen molar-refractivity contribution < 1.29 is 28.9 Å². The van der Waals surface area contributed by atoms with E-state index < -0.39 is 0 Å². The molecule has 0 bridgehead atoms. The number of hydrogen-bond acceptors (Lipinski definition) is 6. The van der Waals surface area contributed by atoms with E-state index in [0.29, 0.717) is 17.2 Å². The van der Waals surface area contributed by atoms with Gasteiger partial charge in [0, 0.05) is 0 Å². The fraction of sp³-hybridized carbons (Fsp3) is 0.208. The minimum absolute atomic E-state index is 0.101. The second-order valence-electron chi connectivity index (χ2n) is 6.33. The molecule has 0 unspecified atom stereocenters. The van der Waals surface area contributed by atoms with E-state index in [0.717, 1.165) is 16.7 Å². The lowest BCUT2D eigenvalue weighted by molar-refractivity contribution is -0.121. The zero-order chi connectivity index (χ0) is 21.9. The molecular weight excluding hydrogens is 384 g/mol. The normalized spacial score (nSPS) is 11.1. The van der Waals surface area contributed by atoms with Gasteiger partial charge in [-0.15, -0.1) is 0 Å². The summed E-state index contributed by atoms with van der Waals surface area (Å²) in [5.41, 5.74) is 2.26. The van der Waals surface area contributed by atoms with Gasteiger partial charge in [-0.1, -0.05) is 30.4 Å². The van der Waals surface area contributed by atoms with Gasteiger partial charge in [-0.25, -0.2) is 0 Å². The molecule has 0 aliphatic carbocycles. The second-order valence-corrected chi connectivity index (χ2v) is 6.33. The number of ether oxygens (including phenoxy) is 3. The van der Waals surface area contributed by atoms with Crippen molar-refractivity contribution in [2.45, 2.75) is 6.42 Å². The summed E-state index contributed by atoms with van der Waals surface area (Å²) in [6, 6.07) is 10.5. The van der Waals surface area contributed by atoms with Crippen molar-refractivity contribution in [3.8, 4) is 17.2 Å². The molecule has 30 heavy (non-hydrogen) atoms. The molecule has 0 aliphatic rings. The topological polar surface area (TPSA) is 82.1 Å². The first kappa shape index (κ1) is 22.9. The van der Waals surface area contributed by atoms with Crippen molar-refractivity contribution in [3.05, 3.63) is 72.2 Å². The van der Waals surface area contributed by atoms with Crippen LogP contribution in [-0.2, 0) is 9.59 Å². The van der Waals surface area contributed by atoms with Gasteiger partial charge in [0.1, 0.15) is 12.4 Å². The van der Waals surface area contributed by atoms with E-state index in [4.69, 9.17) is 19.3 Å². The molecule has 2 rings (SSSR count). The number of rotatable bonds is 11. The SMILES string of the molecule is [CH2]c1ccc(/C=C/C(=O)CC(=O)/C=C/c2ccc(OCCO)c(OC)c2)cc1OC. The lowest BCUT2D eigenvalue weighted by atomic mass is 10.1. The molecule has 1 N–H and O–H groups in total. The molecule has 157 valence electrons. The van der Waals surface area contributed by atoms with Gasteiger partial charge < -0.3 is 19.3 Å². The molecule has 6 nitrogen and oxygen atoms in total. The first-order chi connectivity index (χ1) is 14.5. The van der Waals surface area contributed by atoms with Crippen LogP contribution < -0.4 is 14.2 Å². The number of carbonyl (C=O) groups excluding carboxylic acids is 2. The lowest BCUT2D eigenvalue weighted by Crippen LogP contribution is -2.03. The zero-order valence-electron chi connectivity index (χ0n) is 17.1. The van der Waals surface area contributed by atoms with Crippen molar-refractivity contribution >= 4 is 23.7 Å². The predicted molar refractivity (Wildman–Crippen MR) is 116 cm³/mol. The van der Waals surface area contributed by atoms with Gasteiger partial charge in [0.2, 0.25) is 0 Å². The number of allylic oxidation sites excluding steroid dienone is 2. The molecule has 0 spiro atoms. The molecule has 0 fully saturated rings. The number of methoxy groups -OCH3 is 2. The molecular formula is C24H25O6. The molecule has 1 radical (unpaired) electrons. The number of aliphatic hydroxyl groups excluding tert-OH is 1. The Hall–Kier alpha value is -3.38. The van der Waals surface area contributed by atoms with Crippen LogP contribution in [0.4, 0.5) is 0 Å². The van der Waals surface area contributed by atoms with Crippen molar-refractivity contribution in [2.75, 3.05) is 27.4 Å². The Labute approximate surface area is 176 Å². The highest BCUT2D eigenvalue weighted by Crippen LogP contribution is 2.28.